The molecule has 0 atom stereocenters. The summed E-state index contributed by atoms with van der Waals surface area (Å²) >= 11 is 0. The van der Waals surface area contributed by atoms with Gasteiger partial charge in [-0.1, -0.05) is 27.7 Å². The largest absolute Gasteiger partial charge is 0.477 e. The highest BCUT2D eigenvalue weighted by Gasteiger charge is 2.22. The van der Waals surface area contributed by atoms with Crippen molar-refractivity contribution in [3.05, 3.63) is 51.6 Å². The molecule has 8 heteroatoms. The van der Waals surface area contributed by atoms with E-state index in [-0.39, 0.29) is 41.1 Å². The molecule has 0 spiro atoms. The number of hydrogen-bond acceptors (Lipinski definition) is 4. The smallest absolute Gasteiger partial charge is 0.352 e. The van der Waals surface area contributed by atoms with Crippen LogP contribution in [0.15, 0.2) is 24.5 Å². The lowest BCUT2D eigenvalue weighted by Crippen LogP contribution is -2.13. The van der Waals surface area contributed by atoms with Crippen LogP contribution in [0, 0.1) is 22.0 Å². The van der Waals surface area contributed by atoms with E-state index < -0.39 is 10.9 Å². The van der Waals surface area contributed by atoms with Crippen LogP contribution in [0.25, 0.3) is 0 Å². The molecule has 0 amide bonds. The van der Waals surface area contributed by atoms with Gasteiger partial charge in [-0.25, -0.2) is 4.79 Å². The molecule has 0 saturated heterocycles. The van der Waals surface area contributed by atoms with E-state index in [0.717, 1.165) is 0 Å². The van der Waals surface area contributed by atoms with Gasteiger partial charge in [-0.15, -0.1) is 0 Å². The van der Waals surface area contributed by atoms with Gasteiger partial charge in [-0.05, 0) is 23.5 Å². The van der Waals surface area contributed by atoms with E-state index in [1.165, 1.54) is 18.3 Å². The topological polar surface area (TPSA) is 107 Å². The number of carboxylic acid groups (broad SMARTS) is 1. The van der Waals surface area contributed by atoms with Gasteiger partial charge in [0.2, 0.25) is 0 Å². The van der Waals surface area contributed by atoms with Gasteiger partial charge >= 0.3 is 5.97 Å². The van der Waals surface area contributed by atoms with Gasteiger partial charge in [0, 0.05) is 31.8 Å². The molecule has 146 valence electrons. The number of aromatic nitrogens is 2. The predicted octanol–water partition coefficient (Wildman–Crippen LogP) is 3.63. The Hall–Kier alpha value is -2.90. The van der Waals surface area contributed by atoms with E-state index in [1.807, 2.05) is 27.7 Å². The van der Waals surface area contributed by atoms with Gasteiger partial charge in [0.05, 0.1) is 16.8 Å². The highest BCUT2D eigenvalue weighted by atomic mass is 16.6. The number of nitro groups is 1. The third kappa shape index (κ3) is 5.06. The Kier molecular flexibility index (Phi) is 6.20. The van der Waals surface area contributed by atoms with Crippen molar-refractivity contribution in [2.75, 3.05) is 0 Å². The van der Waals surface area contributed by atoms with Crippen LogP contribution in [0.5, 0.6) is 0 Å². The first-order valence-corrected chi connectivity index (χ1v) is 8.88. The van der Waals surface area contributed by atoms with Crippen molar-refractivity contribution in [3.8, 4) is 0 Å². The molecule has 27 heavy (non-hydrogen) atoms. The molecule has 2 aromatic heterocycles. The molecule has 0 fully saturated rings. The summed E-state index contributed by atoms with van der Waals surface area (Å²) in [5.41, 5.74) is 0.861. The minimum absolute atomic E-state index is 0.00929. The first-order valence-electron chi connectivity index (χ1n) is 8.88. The van der Waals surface area contributed by atoms with Crippen molar-refractivity contribution in [3.63, 3.8) is 0 Å². The first kappa shape index (κ1) is 20.4. The minimum Gasteiger partial charge on any atom is -0.477 e. The fourth-order valence-corrected chi connectivity index (χ4v) is 3.04. The summed E-state index contributed by atoms with van der Waals surface area (Å²) in [6, 6.07) is 2.78. The average molecular weight is 375 g/mol. The van der Waals surface area contributed by atoms with E-state index in [0.29, 0.717) is 18.7 Å². The standard InChI is InChI=1S/C19H25N3O5/c1-12(2)8-20-10-14(5-17(20)19(24)25)6-18(23)16-7-15(22(26)27)11-21(16)9-13(3)4/h5,7,10-13H,6,8-9H2,1-4H3,(H,24,25). The second-order valence-electron chi connectivity index (χ2n) is 7.57. The average Bonchev–Trinajstić information content (AvgIpc) is 3.10. The van der Waals surface area contributed by atoms with Crippen LogP contribution >= 0.6 is 0 Å². The van der Waals surface area contributed by atoms with Crippen molar-refractivity contribution in [2.45, 2.75) is 47.2 Å². The Morgan fingerprint density at radius 2 is 1.59 bits per heavy atom. The molecule has 0 radical (unpaired) electrons. The number of hydrogen-bond donors (Lipinski definition) is 1. The molecular weight excluding hydrogens is 350 g/mol. The summed E-state index contributed by atoms with van der Waals surface area (Å²) in [4.78, 5) is 34.8. The second kappa shape index (κ2) is 8.20. The van der Waals surface area contributed by atoms with Crippen molar-refractivity contribution in [1.82, 2.24) is 9.13 Å². The maximum atomic E-state index is 12.8. The van der Waals surface area contributed by atoms with Crippen LogP contribution in [-0.2, 0) is 19.5 Å². The molecule has 0 aliphatic rings. The van der Waals surface area contributed by atoms with Crippen molar-refractivity contribution in [2.24, 2.45) is 11.8 Å². The Morgan fingerprint density at radius 3 is 2.07 bits per heavy atom. The van der Waals surface area contributed by atoms with Crippen molar-refractivity contribution in [1.29, 1.82) is 0 Å². The van der Waals surface area contributed by atoms with Crippen LogP contribution in [0.2, 0.25) is 0 Å². The zero-order valence-electron chi connectivity index (χ0n) is 16.0. The molecule has 0 saturated carbocycles. The SMILES string of the molecule is CC(C)Cn1cc(CC(=O)c2cc([N+](=O)[O-])cn2CC(C)C)cc1C(=O)O. The lowest BCUT2D eigenvalue weighted by atomic mass is 10.1. The fourth-order valence-electron chi connectivity index (χ4n) is 3.04. The second-order valence-corrected chi connectivity index (χ2v) is 7.57. The van der Waals surface area contributed by atoms with Crippen molar-refractivity contribution >= 4 is 17.4 Å². The number of aromatic carboxylic acids is 1. The monoisotopic (exact) mass is 375 g/mol. The van der Waals surface area contributed by atoms with Gasteiger partial charge < -0.3 is 14.2 Å². The molecule has 0 unspecified atom stereocenters. The van der Waals surface area contributed by atoms with Crippen LogP contribution < -0.4 is 0 Å². The molecule has 2 rings (SSSR count). The lowest BCUT2D eigenvalue weighted by Gasteiger charge is -2.10. The molecule has 0 aliphatic heterocycles. The number of rotatable bonds is 9. The summed E-state index contributed by atoms with van der Waals surface area (Å²) in [5, 5.41) is 20.4. The normalized spacial score (nSPS) is 11.3. The zero-order chi connectivity index (χ0) is 20.3. The van der Waals surface area contributed by atoms with E-state index in [2.05, 4.69) is 0 Å². The maximum absolute atomic E-state index is 12.8. The Morgan fingerprint density at radius 1 is 1.04 bits per heavy atom. The van der Waals surface area contributed by atoms with Gasteiger partial charge in [0.1, 0.15) is 5.69 Å². The Bertz CT molecular complexity index is 861. The number of nitrogens with zero attached hydrogens (tertiary/aromatic N) is 3. The molecule has 0 aliphatic carbocycles. The quantitative estimate of drug-likeness (QED) is 0.409. The van der Waals surface area contributed by atoms with E-state index in [4.69, 9.17) is 0 Å². The summed E-state index contributed by atoms with van der Waals surface area (Å²) < 4.78 is 3.24. The summed E-state index contributed by atoms with van der Waals surface area (Å²) in [6.45, 7) is 8.91. The van der Waals surface area contributed by atoms with Gasteiger partial charge in [0.25, 0.3) is 5.69 Å². The summed E-state index contributed by atoms with van der Waals surface area (Å²) in [6.07, 6.45) is 3.04. The van der Waals surface area contributed by atoms with E-state index in [9.17, 15) is 24.8 Å². The fraction of sp³-hybridized carbons (Fsp3) is 0.474. The van der Waals surface area contributed by atoms with E-state index >= 15 is 0 Å². The summed E-state index contributed by atoms with van der Waals surface area (Å²) in [5.74, 6) is -0.852. The molecular formula is C19H25N3O5. The van der Waals surface area contributed by atoms with Crippen LogP contribution in [0.3, 0.4) is 0 Å². The first-order chi connectivity index (χ1) is 12.6. The number of carboxylic acids is 1. The Labute approximate surface area is 157 Å². The van der Waals surface area contributed by atoms with E-state index in [1.54, 1.807) is 15.3 Å². The maximum Gasteiger partial charge on any atom is 0.352 e. The highest BCUT2D eigenvalue weighted by molar-refractivity contribution is 5.97. The minimum atomic E-state index is -1.05. The number of ketones is 1. The molecule has 2 aromatic rings. The summed E-state index contributed by atoms with van der Waals surface area (Å²) in [7, 11) is 0. The lowest BCUT2D eigenvalue weighted by molar-refractivity contribution is -0.384. The number of Topliss-reactive ketones (excluding diaryl/α,β-unsaturated/α-hetero) is 1. The molecule has 1 N–H and O–H groups in total. The van der Waals surface area contributed by atoms with Gasteiger partial charge in [0.15, 0.2) is 5.78 Å². The molecule has 8 nitrogen and oxygen atoms in total. The predicted molar refractivity (Wildman–Crippen MR) is 100 cm³/mol. The highest BCUT2D eigenvalue weighted by Crippen LogP contribution is 2.21. The van der Waals surface area contributed by atoms with Crippen LogP contribution in [-0.4, -0.2) is 30.9 Å². The van der Waals surface area contributed by atoms with Crippen molar-refractivity contribution < 1.29 is 19.6 Å². The van der Waals surface area contributed by atoms with Gasteiger partial charge in [-0.2, -0.15) is 0 Å². The number of carbonyl (C=O) groups excluding carboxylic acids is 1. The third-order valence-corrected chi connectivity index (χ3v) is 4.04. The zero-order valence-corrected chi connectivity index (χ0v) is 16.0. The molecule has 0 aromatic carbocycles. The number of carbonyl (C=O) groups is 2. The van der Waals surface area contributed by atoms with Gasteiger partial charge in [-0.3, -0.25) is 14.9 Å². The molecule has 2 heterocycles. The van der Waals surface area contributed by atoms with Crippen LogP contribution in [0.1, 0.15) is 54.2 Å². The van der Waals surface area contributed by atoms with Crippen LogP contribution in [0.4, 0.5) is 5.69 Å². The Balaban J connectivity index is 2.31. The third-order valence-electron chi connectivity index (χ3n) is 4.04. The molecule has 0 bridgehead atoms.